The second-order valence-corrected chi connectivity index (χ2v) is 9.08. The third-order valence-electron chi connectivity index (χ3n) is 6.48. The Hall–Kier alpha value is -4.35. The number of anilines is 1. The number of nitrogens with one attached hydrogen (secondary N) is 1. The van der Waals surface area contributed by atoms with Crippen LogP contribution in [-0.2, 0) is 18.4 Å². The first kappa shape index (κ1) is 24.3. The van der Waals surface area contributed by atoms with E-state index < -0.39 is 5.97 Å². The Morgan fingerprint density at radius 2 is 2.03 bits per heavy atom. The van der Waals surface area contributed by atoms with Gasteiger partial charge in [-0.25, -0.2) is 14.1 Å². The maximum absolute atomic E-state index is 13.2. The van der Waals surface area contributed by atoms with E-state index in [9.17, 15) is 14.3 Å². The monoisotopic (exact) mass is 506 g/mol. The molecule has 2 N–H and O–H groups in total. The SMILES string of the molecule is Cc1nc(-c2nnn(C)c2CNc2cnn(-c3ccc(F)cc3)n2)ccc1OC1CCC[C@H](C(=O)O)C1. The van der Waals surface area contributed by atoms with Gasteiger partial charge in [0.25, 0.3) is 0 Å². The van der Waals surface area contributed by atoms with Gasteiger partial charge in [0.15, 0.2) is 5.82 Å². The van der Waals surface area contributed by atoms with E-state index in [-0.39, 0.29) is 17.8 Å². The number of nitrogens with zero attached hydrogens (tertiary/aromatic N) is 7. The molecule has 1 saturated carbocycles. The van der Waals surface area contributed by atoms with Crippen molar-refractivity contribution in [3.63, 3.8) is 0 Å². The average Bonchev–Trinajstić information content (AvgIpc) is 3.51. The second-order valence-electron chi connectivity index (χ2n) is 9.08. The number of carboxylic acids is 1. The maximum atomic E-state index is 13.2. The highest BCUT2D eigenvalue weighted by Gasteiger charge is 2.28. The van der Waals surface area contributed by atoms with Crippen molar-refractivity contribution in [1.29, 1.82) is 0 Å². The Morgan fingerprint density at radius 1 is 1.22 bits per heavy atom. The molecular weight excluding hydrogens is 479 g/mol. The number of halogens is 1. The largest absolute Gasteiger partial charge is 0.489 e. The van der Waals surface area contributed by atoms with Crippen molar-refractivity contribution < 1.29 is 19.0 Å². The van der Waals surface area contributed by atoms with E-state index in [0.717, 1.165) is 18.5 Å². The molecule has 1 fully saturated rings. The van der Waals surface area contributed by atoms with Crippen molar-refractivity contribution in [2.75, 3.05) is 5.32 Å². The summed E-state index contributed by atoms with van der Waals surface area (Å²) in [7, 11) is 1.80. The number of pyridine rings is 1. The van der Waals surface area contributed by atoms with E-state index in [2.05, 4.69) is 25.8 Å². The number of aryl methyl sites for hydroxylation is 2. The Labute approximate surface area is 212 Å². The highest BCUT2D eigenvalue weighted by Crippen LogP contribution is 2.30. The zero-order chi connectivity index (χ0) is 25.9. The zero-order valence-corrected chi connectivity index (χ0v) is 20.5. The first-order valence-electron chi connectivity index (χ1n) is 12.1. The van der Waals surface area contributed by atoms with Crippen LogP contribution in [0.1, 0.15) is 37.1 Å². The molecule has 0 spiro atoms. The van der Waals surface area contributed by atoms with Gasteiger partial charge in [-0.2, -0.15) is 5.10 Å². The van der Waals surface area contributed by atoms with Crippen LogP contribution in [0.4, 0.5) is 10.2 Å². The van der Waals surface area contributed by atoms with Gasteiger partial charge < -0.3 is 15.2 Å². The summed E-state index contributed by atoms with van der Waals surface area (Å²) in [6.45, 7) is 2.23. The highest BCUT2D eigenvalue weighted by atomic mass is 19.1. The molecule has 37 heavy (non-hydrogen) atoms. The van der Waals surface area contributed by atoms with Gasteiger partial charge in [0.2, 0.25) is 0 Å². The summed E-state index contributed by atoms with van der Waals surface area (Å²) in [5.41, 5.74) is 3.41. The van der Waals surface area contributed by atoms with Crippen LogP contribution in [0.2, 0.25) is 0 Å². The number of hydrogen-bond acceptors (Lipinski definition) is 8. The molecule has 5 rings (SSSR count). The summed E-state index contributed by atoms with van der Waals surface area (Å²) in [6, 6.07) is 9.59. The lowest BCUT2D eigenvalue weighted by Gasteiger charge is -2.27. The Morgan fingerprint density at radius 3 is 2.78 bits per heavy atom. The minimum Gasteiger partial charge on any atom is -0.489 e. The molecule has 3 aromatic heterocycles. The van der Waals surface area contributed by atoms with Crippen molar-refractivity contribution in [3.8, 4) is 22.8 Å². The Kier molecular flexibility index (Phi) is 6.80. The number of carbonyl (C=O) groups is 1. The molecule has 2 atom stereocenters. The third kappa shape index (κ3) is 5.42. The molecule has 12 heteroatoms. The predicted octanol–water partition coefficient (Wildman–Crippen LogP) is 3.54. The number of ether oxygens (including phenoxy) is 1. The third-order valence-corrected chi connectivity index (χ3v) is 6.48. The minimum absolute atomic E-state index is 0.138. The van der Waals surface area contributed by atoms with Crippen molar-refractivity contribution >= 4 is 11.8 Å². The van der Waals surface area contributed by atoms with Gasteiger partial charge in [0.05, 0.1) is 47.5 Å². The summed E-state index contributed by atoms with van der Waals surface area (Å²) in [5.74, 6) is -0.273. The van der Waals surface area contributed by atoms with E-state index in [1.807, 2.05) is 19.1 Å². The van der Waals surface area contributed by atoms with Crippen molar-refractivity contribution in [2.24, 2.45) is 13.0 Å². The van der Waals surface area contributed by atoms with Crippen LogP contribution in [0.15, 0.2) is 42.6 Å². The summed E-state index contributed by atoms with van der Waals surface area (Å²) < 4.78 is 21.0. The summed E-state index contributed by atoms with van der Waals surface area (Å²) >= 11 is 0. The van der Waals surface area contributed by atoms with Gasteiger partial charge in [0, 0.05) is 7.05 Å². The lowest BCUT2D eigenvalue weighted by molar-refractivity contribution is -0.143. The van der Waals surface area contributed by atoms with E-state index in [4.69, 9.17) is 9.72 Å². The molecule has 0 saturated heterocycles. The maximum Gasteiger partial charge on any atom is 0.306 e. The molecule has 1 aliphatic rings. The molecule has 0 aliphatic heterocycles. The van der Waals surface area contributed by atoms with Crippen molar-refractivity contribution in [2.45, 2.75) is 45.3 Å². The molecule has 0 radical (unpaired) electrons. The molecule has 11 nitrogen and oxygen atoms in total. The van der Waals surface area contributed by atoms with Crippen LogP contribution in [0.25, 0.3) is 17.1 Å². The number of aromatic nitrogens is 7. The van der Waals surface area contributed by atoms with Crippen LogP contribution >= 0.6 is 0 Å². The molecule has 0 amide bonds. The van der Waals surface area contributed by atoms with E-state index in [1.54, 1.807) is 30.1 Å². The van der Waals surface area contributed by atoms with E-state index >= 15 is 0 Å². The molecule has 192 valence electrons. The molecule has 3 heterocycles. The standard InChI is InChI=1S/C25H27FN8O3/c1-15-22(37-19-5-3-4-16(12-19)25(35)36)11-10-20(29-15)24-21(33(2)32-30-24)13-27-23-14-28-34(31-23)18-8-6-17(26)7-9-18/h6-11,14,16,19H,3-5,12-13H2,1-2H3,(H,27,31)(H,35,36)/t16-,19?/m0/s1. The van der Waals surface area contributed by atoms with Gasteiger partial charge in [-0.05, 0) is 69.0 Å². The molecule has 0 bridgehead atoms. The van der Waals surface area contributed by atoms with Gasteiger partial charge >= 0.3 is 5.97 Å². The molecule has 4 aromatic rings. The highest BCUT2D eigenvalue weighted by molar-refractivity contribution is 5.70. The molecular formula is C25H27FN8O3. The zero-order valence-electron chi connectivity index (χ0n) is 20.5. The first-order valence-corrected chi connectivity index (χ1v) is 12.1. The van der Waals surface area contributed by atoms with Crippen LogP contribution < -0.4 is 10.1 Å². The second kappa shape index (κ2) is 10.3. The number of benzene rings is 1. The lowest BCUT2D eigenvalue weighted by atomic mass is 9.87. The molecule has 1 unspecified atom stereocenters. The van der Waals surface area contributed by atoms with Gasteiger partial charge in [-0.1, -0.05) is 5.21 Å². The first-order chi connectivity index (χ1) is 17.9. The number of rotatable bonds is 8. The minimum atomic E-state index is -0.764. The Bertz CT molecular complexity index is 1400. The molecule has 1 aromatic carbocycles. The average molecular weight is 507 g/mol. The summed E-state index contributed by atoms with van der Waals surface area (Å²) in [6.07, 6.45) is 4.30. The molecule has 1 aliphatic carbocycles. The smallest absolute Gasteiger partial charge is 0.306 e. The number of hydrogen-bond donors (Lipinski definition) is 2. The summed E-state index contributed by atoms with van der Waals surface area (Å²) in [5, 5.41) is 29.6. The quantitative estimate of drug-likeness (QED) is 0.368. The number of carboxylic acid groups (broad SMARTS) is 1. The Balaban J connectivity index is 1.28. The van der Waals surface area contributed by atoms with E-state index in [1.165, 1.54) is 16.9 Å². The summed E-state index contributed by atoms with van der Waals surface area (Å²) in [4.78, 5) is 17.5. The number of aliphatic carboxylic acids is 1. The van der Waals surface area contributed by atoms with Gasteiger partial charge in [0.1, 0.15) is 17.3 Å². The predicted molar refractivity (Wildman–Crippen MR) is 132 cm³/mol. The fraction of sp³-hybridized carbons (Fsp3) is 0.360. The van der Waals surface area contributed by atoms with Gasteiger partial charge in [-0.3, -0.25) is 4.79 Å². The van der Waals surface area contributed by atoms with E-state index in [0.29, 0.717) is 53.7 Å². The van der Waals surface area contributed by atoms with Crippen LogP contribution in [-0.4, -0.2) is 52.2 Å². The topological polar surface area (TPSA) is 133 Å². The fourth-order valence-electron chi connectivity index (χ4n) is 4.45. The van der Waals surface area contributed by atoms with Crippen molar-refractivity contribution in [3.05, 3.63) is 59.8 Å². The lowest BCUT2D eigenvalue weighted by Crippen LogP contribution is -2.29. The van der Waals surface area contributed by atoms with Crippen LogP contribution in [0.3, 0.4) is 0 Å². The van der Waals surface area contributed by atoms with Crippen LogP contribution in [0, 0.1) is 18.7 Å². The van der Waals surface area contributed by atoms with Gasteiger partial charge in [-0.15, -0.1) is 15.0 Å². The fourth-order valence-corrected chi connectivity index (χ4v) is 4.45. The van der Waals surface area contributed by atoms with Crippen LogP contribution in [0.5, 0.6) is 5.75 Å². The normalized spacial score (nSPS) is 17.5. The van der Waals surface area contributed by atoms with Crippen molar-refractivity contribution in [1.82, 2.24) is 35.0 Å².